The Morgan fingerprint density at radius 2 is 1.83 bits per heavy atom. The molecule has 24 heavy (non-hydrogen) atoms. The summed E-state index contributed by atoms with van der Waals surface area (Å²) in [5, 5.41) is 11.4. The Kier molecular flexibility index (Phi) is 3.24. The van der Waals surface area contributed by atoms with Crippen molar-refractivity contribution in [2.45, 2.75) is 24.7 Å². The molecule has 0 saturated carbocycles. The van der Waals surface area contributed by atoms with Crippen molar-refractivity contribution in [3.63, 3.8) is 0 Å². The fraction of sp³-hybridized carbons (Fsp3) is 0.235. The minimum atomic E-state index is -1.22. The number of pyridine rings is 1. The maximum absolute atomic E-state index is 11.7. The SMILES string of the molecule is Nc1c2c(nc3ccccc13)CC1OC(=O)/C=C\C(=O)OC1C2O. The highest BCUT2D eigenvalue weighted by molar-refractivity contribution is 5.94. The van der Waals surface area contributed by atoms with Crippen LogP contribution in [0.5, 0.6) is 0 Å². The zero-order chi connectivity index (χ0) is 16.8. The number of esters is 2. The number of benzene rings is 1. The monoisotopic (exact) mass is 326 g/mol. The molecular weight excluding hydrogens is 312 g/mol. The van der Waals surface area contributed by atoms with Gasteiger partial charge >= 0.3 is 11.9 Å². The summed E-state index contributed by atoms with van der Waals surface area (Å²) in [6, 6.07) is 7.29. The lowest BCUT2D eigenvalue weighted by Gasteiger charge is -2.36. The van der Waals surface area contributed by atoms with Crippen LogP contribution >= 0.6 is 0 Å². The molecule has 0 saturated heterocycles. The van der Waals surface area contributed by atoms with Crippen LogP contribution in [0.15, 0.2) is 36.4 Å². The molecule has 1 aliphatic carbocycles. The van der Waals surface area contributed by atoms with E-state index in [2.05, 4.69) is 4.98 Å². The zero-order valence-corrected chi connectivity index (χ0v) is 12.5. The van der Waals surface area contributed by atoms with E-state index in [4.69, 9.17) is 15.2 Å². The van der Waals surface area contributed by atoms with E-state index in [1.807, 2.05) is 24.3 Å². The molecule has 0 spiro atoms. The number of hydrogen-bond acceptors (Lipinski definition) is 7. The summed E-state index contributed by atoms with van der Waals surface area (Å²) in [5.41, 5.74) is 8.26. The molecule has 4 rings (SSSR count). The van der Waals surface area contributed by atoms with Gasteiger partial charge in [0.15, 0.2) is 6.10 Å². The Morgan fingerprint density at radius 3 is 2.62 bits per heavy atom. The minimum absolute atomic E-state index is 0.207. The molecule has 7 nitrogen and oxygen atoms in total. The lowest BCUT2D eigenvalue weighted by molar-refractivity contribution is -0.175. The predicted octanol–water partition coefficient (Wildman–Crippen LogP) is 0.800. The largest absolute Gasteiger partial charge is 0.455 e. The summed E-state index contributed by atoms with van der Waals surface area (Å²) in [4.78, 5) is 27.9. The van der Waals surface area contributed by atoms with Crippen LogP contribution in [0.4, 0.5) is 5.69 Å². The maximum Gasteiger partial charge on any atom is 0.331 e. The molecule has 0 bridgehead atoms. The van der Waals surface area contributed by atoms with Crippen molar-refractivity contribution >= 4 is 28.5 Å². The molecule has 1 aromatic heterocycles. The summed E-state index contributed by atoms with van der Waals surface area (Å²) in [7, 11) is 0. The highest BCUT2D eigenvalue weighted by Crippen LogP contribution is 2.39. The fourth-order valence-electron chi connectivity index (χ4n) is 3.21. The standard InChI is InChI=1S/C17H14N2O5/c18-15-8-3-1-2-4-9(8)19-10-7-11-17(16(22)14(10)15)24-13(21)6-5-12(20)23-11/h1-6,11,16-17,22H,7H2,(H2,18,19)/b6-5-. The lowest BCUT2D eigenvalue weighted by atomic mass is 9.86. The second kappa shape index (κ2) is 5.31. The van der Waals surface area contributed by atoms with E-state index in [-0.39, 0.29) is 6.42 Å². The van der Waals surface area contributed by atoms with Crippen molar-refractivity contribution in [2.75, 3.05) is 5.73 Å². The molecule has 7 heteroatoms. The van der Waals surface area contributed by atoms with E-state index in [9.17, 15) is 14.7 Å². The number of rotatable bonds is 0. The second-order valence-corrected chi connectivity index (χ2v) is 5.76. The maximum atomic E-state index is 11.7. The molecule has 122 valence electrons. The number of nitrogen functional groups attached to an aromatic ring is 1. The first-order valence-corrected chi connectivity index (χ1v) is 7.49. The quantitative estimate of drug-likeness (QED) is 0.689. The summed E-state index contributed by atoms with van der Waals surface area (Å²) < 4.78 is 10.5. The van der Waals surface area contributed by atoms with Crippen LogP contribution in [-0.4, -0.2) is 34.2 Å². The highest BCUT2D eigenvalue weighted by Gasteiger charge is 2.43. The molecule has 1 aromatic carbocycles. The smallest absolute Gasteiger partial charge is 0.331 e. The number of aromatic nitrogens is 1. The van der Waals surface area contributed by atoms with Gasteiger partial charge in [0.05, 0.1) is 11.2 Å². The summed E-state index contributed by atoms with van der Waals surface area (Å²) >= 11 is 0. The average Bonchev–Trinajstić information content (AvgIpc) is 2.55. The minimum Gasteiger partial charge on any atom is -0.455 e. The number of carbonyl (C=O) groups is 2. The van der Waals surface area contributed by atoms with Gasteiger partial charge in [-0.1, -0.05) is 18.2 Å². The number of hydrogen-bond donors (Lipinski definition) is 2. The average molecular weight is 326 g/mol. The highest BCUT2D eigenvalue weighted by atomic mass is 16.6. The van der Waals surface area contributed by atoms with Crippen LogP contribution in [0.2, 0.25) is 0 Å². The summed E-state index contributed by atoms with van der Waals surface area (Å²) in [6.07, 6.45) is -0.880. The number of aliphatic hydroxyl groups excluding tert-OH is 1. The molecular formula is C17H14N2O5. The van der Waals surface area contributed by atoms with Crippen molar-refractivity contribution in [3.8, 4) is 0 Å². The topological polar surface area (TPSA) is 112 Å². The van der Waals surface area contributed by atoms with E-state index in [0.717, 1.165) is 12.2 Å². The molecule has 3 N–H and O–H groups in total. The molecule has 2 aromatic rings. The van der Waals surface area contributed by atoms with Crippen LogP contribution in [0.25, 0.3) is 10.9 Å². The van der Waals surface area contributed by atoms with Gasteiger partial charge in [-0.05, 0) is 6.07 Å². The van der Waals surface area contributed by atoms with Gasteiger partial charge < -0.3 is 20.3 Å². The fourth-order valence-corrected chi connectivity index (χ4v) is 3.21. The molecule has 0 amide bonds. The second-order valence-electron chi connectivity index (χ2n) is 5.76. The van der Waals surface area contributed by atoms with Crippen LogP contribution in [0, 0.1) is 0 Å². The number of nitrogens with zero attached hydrogens (tertiary/aromatic N) is 1. The lowest BCUT2D eigenvalue weighted by Crippen LogP contribution is -2.45. The molecule has 3 atom stereocenters. The Hall–Kier alpha value is -2.93. The van der Waals surface area contributed by atoms with E-state index in [1.165, 1.54) is 0 Å². The number of ether oxygens (including phenoxy) is 2. The van der Waals surface area contributed by atoms with Crippen LogP contribution in [-0.2, 0) is 25.5 Å². The van der Waals surface area contributed by atoms with Gasteiger partial charge in [0, 0.05) is 35.2 Å². The Bertz CT molecular complexity index is 892. The first-order chi connectivity index (χ1) is 11.5. The van der Waals surface area contributed by atoms with Gasteiger partial charge in [0.2, 0.25) is 0 Å². The third kappa shape index (κ3) is 2.21. The molecule has 1 aliphatic heterocycles. The summed E-state index contributed by atoms with van der Waals surface area (Å²) in [6.45, 7) is 0. The van der Waals surface area contributed by atoms with Crippen LogP contribution in [0.3, 0.4) is 0 Å². The van der Waals surface area contributed by atoms with Gasteiger partial charge in [-0.3, -0.25) is 4.98 Å². The van der Waals surface area contributed by atoms with Crippen molar-refractivity contribution in [1.82, 2.24) is 4.98 Å². The number of para-hydroxylation sites is 1. The summed E-state index contributed by atoms with van der Waals surface area (Å²) in [5.74, 6) is -1.37. The van der Waals surface area contributed by atoms with Crippen molar-refractivity contribution in [3.05, 3.63) is 47.7 Å². The number of aliphatic hydroxyl groups is 1. The van der Waals surface area contributed by atoms with Gasteiger partial charge in [-0.15, -0.1) is 0 Å². The van der Waals surface area contributed by atoms with Crippen molar-refractivity contribution in [2.24, 2.45) is 0 Å². The number of nitrogens with two attached hydrogens (primary N) is 1. The van der Waals surface area contributed by atoms with Crippen LogP contribution in [0.1, 0.15) is 17.4 Å². The van der Waals surface area contributed by atoms with E-state index >= 15 is 0 Å². The first kappa shape index (κ1) is 14.6. The van der Waals surface area contributed by atoms with Crippen molar-refractivity contribution in [1.29, 1.82) is 0 Å². The Labute approximate surface area is 136 Å². The van der Waals surface area contributed by atoms with Gasteiger partial charge in [0.25, 0.3) is 0 Å². The van der Waals surface area contributed by atoms with Gasteiger partial charge in [-0.25, -0.2) is 9.59 Å². The molecule has 0 fully saturated rings. The van der Waals surface area contributed by atoms with E-state index < -0.39 is 30.3 Å². The first-order valence-electron chi connectivity index (χ1n) is 7.49. The van der Waals surface area contributed by atoms with Gasteiger partial charge in [-0.2, -0.15) is 0 Å². The van der Waals surface area contributed by atoms with E-state index in [0.29, 0.717) is 27.8 Å². The number of fused-ring (bicyclic) bond motifs is 3. The third-order valence-corrected chi connectivity index (χ3v) is 4.29. The molecule has 3 unspecified atom stereocenters. The number of anilines is 1. The third-order valence-electron chi connectivity index (χ3n) is 4.29. The zero-order valence-electron chi connectivity index (χ0n) is 12.5. The molecule has 0 radical (unpaired) electrons. The van der Waals surface area contributed by atoms with Crippen LogP contribution < -0.4 is 5.73 Å². The number of carbonyl (C=O) groups excluding carboxylic acids is 2. The Balaban J connectivity index is 1.86. The normalized spacial score (nSPS) is 27.3. The van der Waals surface area contributed by atoms with Crippen molar-refractivity contribution < 1.29 is 24.2 Å². The molecule has 2 aliphatic rings. The van der Waals surface area contributed by atoms with E-state index in [1.54, 1.807) is 0 Å². The van der Waals surface area contributed by atoms with Gasteiger partial charge in [0.1, 0.15) is 12.2 Å². The Morgan fingerprint density at radius 1 is 1.12 bits per heavy atom. The predicted molar refractivity (Wildman–Crippen MR) is 83.7 cm³/mol. The molecule has 2 heterocycles.